The van der Waals surface area contributed by atoms with Gasteiger partial charge in [0.05, 0.1) is 42.2 Å². The van der Waals surface area contributed by atoms with Crippen LogP contribution in [-0.2, 0) is 11.3 Å². The number of aromatic nitrogens is 2. The van der Waals surface area contributed by atoms with Crippen molar-refractivity contribution >= 4 is 56.9 Å². The number of carbonyl (C=O) groups excluding carboxylic acids is 1. The smallest absolute Gasteiger partial charge is 0.256 e. The third-order valence-corrected chi connectivity index (χ3v) is 6.97. The number of benzene rings is 4. The highest BCUT2D eigenvalue weighted by Gasteiger charge is 2.21. The Morgan fingerprint density at radius 2 is 1.57 bits per heavy atom. The van der Waals surface area contributed by atoms with Gasteiger partial charge in [-0.3, -0.25) is 13.3 Å². The number of hydrogen-bond acceptors (Lipinski definition) is 8. The lowest BCUT2D eigenvalue weighted by molar-refractivity contribution is 0.102. The van der Waals surface area contributed by atoms with Crippen molar-refractivity contribution in [3.05, 3.63) is 102 Å². The van der Waals surface area contributed by atoms with E-state index < -0.39 is 23.0 Å². The van der Waals surface area contributed by atoms with Gasteiger partial charge >= 0.3 is 0 Å². The van der Waals surface area contributed by atoms with E-state index in [2.05, 4.69) is 20.6 Å². The number of nitrogens with zero attached hydrogens (tertiary/aromatic N) is 3. The molecule has 0 saturated heterocycles. The van der Waals surface area contributed by atoms with Gasteiger partial charge in [0.1, 0.15) is 17.3 Å². The van der Waals surface area contributed by atoms with Crippen LogP contribution in [-0.4, -0.2) is 38.9 Å². The van der Waals surface area contributed by atoms with Gasteiger partial charge in [-0.15, -0.1) is 0 Å². The van der Waals surface area contributed by atoms with E-state index in [4.69, 9.17) is 9.47 Å². The number of nitrogens with one attached hydrogen (secondary N) is 2. The number of anilines is 5. The lowest BCUT2D eigenvalue weighted by Crippen LogP contribution is -2.23. The summed E-state index contributed by atoms with van der Waals surface area (Å²) in [6.45, 7) is 1.69. The molecule has 5 rings (SSSR count). The number of amides is 1. The Balaban J connectivity index is 1.57. The van der Waals surface area contributed by atoms with Crippen LogP contribution in [0.5, 0.6) is 11.5 Å². The predicted molar refractivity (Wildman–Crippen MR) is 159 cm³/mol. The number of methoxy groups -OCH3 is 2. The fourth-order valence-electron chi connectivity index (χ4n) is 4.26. The number of aryl methyl sites for hydroxylation is 1. The van der Waals surface area contributed by atoms with Gasteiger partial charge in [0.2, 0.25) is 0 Å². The second-order valence-electron chi connectivity index (χ2n) is 9.09. The normalized spacial score (nSPS) is 11.5. The second kappa shape index (κ2) is 12.2. The highest BCUT2D eigenvalue weighted by Crippen LogP contribution is 2.36. The Morgan fingerprint density at radius 3 is 2.24 bits per heavy atom. The molecule has 0 spiro atoms. The van der Waals surface area contributed by atoms with Crippen molar-refractivity contribution in [1.29, 1.82) is 0 Å². The van der Waals surface area contributed by atoms with E-state index in [0.717, 1.165) is 10.4 Å². The molecule has 0 aliphatic heterocycles. The zero-order chi connectivity index (χ0) is 29.8. The molecule has 42 heavy (non-hydrogen) atoms. The van der Waals surface area contributed by atoms with Crippen LogP contribution in [0.3, 0.4) is 0 Å². The van der Waals surface area contributed by atoms with Crippen molar-refractivity contribution in [1.82, 2.24) is 9.97 Å². The van der Waals surface area contributed by atoms with Gasteiger partial charge in [0, 0.05) is 35.1 Å². The van der Waals surface area contributed by atoms with Gasteiger partial charge in [-0.25, -0.2) is 14.4 Å². The molecular weight excluding hydrogens is 561 g/mol. The lowest BCUT2D eigenvalue weighted by atomic mass is 10.1. The first-order chi connectivity index (χ1) is 20.2. The topological polar surface area (TPSA) is 129 Å². The molecule has 0 fully saturated rings. The maximum absolute atomic E-state index is 13.8. The molecule has 4 aromatic carbocycles. The van der Waals surface area contributed by atoms with Crippen molar-refractivity contribution in [2.45, 2.75) is 6.92 Å². The first-order valence-corrected chi connectivity index (χ1v) is 13.6. The molecule has 0 aliphatic rings. The van der Waals surface area contributed by atoms with Crippen LogP contribution in [0, 0.1) is 12.7 Å². The first kappa shape index (κ1) is 28.5. The summed E-state index contributed by atoms with van der Waals surface area (Å²) >= 11 is -2.86. The molecule has 1 amide bonds. The van der Waals surface area contributed by atoms with Crippen molar-refractivity contribution in [2.24, 2.45) is 0 Å². The molecule has 0 bridgehead atoms. The van der Waals surface area contributed by atoms with Crippen molar-refractivity contribution in [3.63, 3.8) is 0 Å². The Morgan fingerprint density at radius 1 is 0.881 bits per heavy atom. The van der Waals surface area contributed by atoms with Crippen LogP contribution >= 0.6 is 0 Å². The average molecular weight is 587 g/mol. The summed E-state index contributed by atoms with van der Waals surface area (Å²) < 4.78 is 51.0. The summed E-state index contributed by atoms with van der Waals surface area (Å²) in [6.07, 6.45) is 0. The van der Waals surface area contributed by atoms with Crippen molar-refractivity contribution in [2.75, 3.05) is 29.2 Å². The number of carbonyl (C=O) groups is 1. The maximum atomic E-state index is 13.8. The van der Waals surface area contributed by atoms with Gasteiger partial charge in [0.15, 0.2) is 11.6 Å². The molecule has 12 heteroatoms. The van der Waals surface area contributed by atoms with E-state index >= 15 is 0 Å². The minimum atomic E-state index is -2.86. The van der Waals surface area contributed by atoms with E-state index in [1.54, 1.807) is 67.6 Å². The first-order valence-electron chi connectivity index (χ1n) is 12.6. The fourth-order valence-corrected chi connectivity index (χ4v) is 4.81. The fraction of sp³-hybridized carbons (Fsp3) is 0.100. The second-order valence-corrected chi connectivity index (χ2v) is 9.89. The lowest BCUT2D eigenvalue weighted by Gasteiger charge is -2.27. The van der Waals surface area contributed by atoms with Crippen LogP contribution in [0.1, 0.15) is 15.9 Å². The van der Waals surface area contributed by atoms with E-state index in [0.29, 0.717) is 33.8 Å². The van der Waals surface area contributed by atoms with Crippen LogP contribution in [0.15, 0.2) is 84.9 Å². The molecule has 1 heterocycles. The quantitative estimate of drug-likeness (QED) is 0.201. The largest absolute Gasteiger partial charge is 0.755 e. The third-order valence-electron chi connectivity index (χ3n) is 6.29. The van der Waals surface area contributed by atoms with Crippen molar-refractivity contribution < 1.29 is 27.4 Å². The van der Waals surface area contributed by atoms with E-state index in [9.17, 15) is 17.9 Å². The number of para-hydroxylation sites is 2. The molecule has 214 valence electrons. The molecular formula is C30H25FN5O5S-. The van der Waals surface area contributed by atoms with Gasteiger partial charge in [0.25, 0.3) is 5.91 Å². The summed E-state index contributed by atoms with van der Waals surface area (Å²) in [6, 6.07) is 22.2. The Bertz CT molecular complexity index is 1800. The average Bonchev–Trinajstić information content (AvgIpc) is 2.98. The molecule has 0 aliphatic carbocycles. The minimum Gasteiger partial charge on any atom is -0.755 e. The molecule has 1 aromatic heterocycles. The highest BCUT2D eigenvalue weighted by atomic mass is 32.2. The maximum Gasteiger partial charge on any atom is 0.256 e. The Labute approximate surface area is 243 Å². The molecule has 1 unspecified atom stereocenters. The van der Waals surface area contributed by atoms with Crippen LogP contribution < -0.4 is 24.4 Å². The number of hydrogen-bond donors (Lipinski definition) is 2. The SMILES string of the molecule is COc1cc(Nc2nc3ccccc3nc2N(c2cccc(NC(=O)c3cc(F)ccc3C)c2)S(=O)[O-])cc(OC)c1. The molecule has 2 N–H and O–H groups in total. The van der Waals surface area contributed by atoms with Crippen molar-refractivity contribution in [3.8, 4) is 11.5 Å². The highest BCUT2D eigenvalue weighted by molar-refractivity contribution is 7.81. The summed E-state index contributed by atoms with van der Waals surface area (Å²) in [5.74, 6) is 0.0443. The third kappa shape index (κ3) is 6.14. The predicted octanol–water partition coefficient (Wildman–Crippen LogP) is 6.02. The Kier molecular flexibility index (Phi) is 8.27. The minimum absolute atomic E-state index is 0.0201. The van der Waals surface area contributed by atoms with Crippen LogP contribution in [0.2, 0.25) is 0 Å². The summed E-state index contributed by atoms with van der Waals surface area (Å²) in [5.41, 5.74) is 2.71. The Hall–Kier alpha value is -5.07. The number of fused-ring (bicyclic) bond motifs is 1. The summed E-state index contributed by atoms with van der Waals surface area (Å²) in [5, 5.41) is 5.85. The molecule has 5 aromatic rings. The van der Waals surface area contributed by atoms with Crippen LogP contribution in [0.4, 0.5) is 33.1 Å². The van der Waals surface area contributed by atoms with Gasteiger partial charge in [-0.2, -0.15) is 0 Å². The molecule has 1 atom stereocenters. The van der Waals surface area contributed by atoms with E-state index in [-0.39, 0.29) is 28.6 Å². The number of rotatable bonds is 9. The molecule has 10 nitrogen and oxygen atoms in total. The summed E-state index contributed by atoms with van der Waals surface area (Å²) in [4.78, 5) is 22.2. The standard InChI is InChI=1S/C30H26FN5O5S/c1-18-11-12-19(31)13-25(18)30(37)33-20-7-6-8-22(14-20)36(42(38)39)29-28(34-26-9-4-5-10-27(26)35-29)32-21-15-23(40-2)17-24(16-21)41-3/h4-17H,1-3H3,(H,32,34)(H,33,37)(H,38,39)/p-1. The zero-order valence-electron chi connectivity index (χ0n) is 22.8. The number of ether oxygens (including phenoxy) is 2. The monoisotopic (exact) mass is 586 g/mol. The van der Waals surface area contributed by atoms with Gasteiger partial charge in [-0.05, 0) is 55.0 Å². The van der Waals surface area contributed by atoms with Gasteiger partial charge < -0.3 is 24.7 Å². The molecule has 0 saturated carbocycles. The van der Waals surface area contributed by atoms with Gasteiger partial charge in [-0.1, -0.05) is 24.3 Å². The summed E-state index contributed by atoms with van der Waals surface area (Å²) in [7, 11) is 3.03. The van der Waals surface area contributed by atoms with E-state index in [1.807, 2.05) is 0 Å². The van der Waals surface area contributed by atoms with Crippen LogP contribution in [0.25, 0.3) is 11.0 Å². The number of halogens is 1. The molecule has 0 radical (unpaired) electrons. The van der Waals surface area contributed by atoms with E-state index in [1.165, 1.54) is 32.4 Å². The zero-order valence-corrected chi connectivity index (χ0v) is 23.6.